The maximum Gasteiger partial charge on any atom is 0.335 e. The number of hydrogen-bond acceptors (Lipinski definition) is 8. The van der Waals surface area contributed by atoms with Crippen LogP contribution in [0.15, 0.2) is 67.0 Å². The van der Waals surface area contributed by atoms with Gasteiger partial charge in [-0.1, -0.05) is 40.5 Å². The van der Waals surface area contributed by atoms with Gasteiger partial charge in [-0.3, -0.25) is 9.88 Å². The number of aromatic nitrogens is 4. The monoisotopic (exact) mass is 700 g/mol. The molecule has 252 valence electrons. The Hall–Kier alpha value is -4.76. The molecule has 1 aliphatic heterocycles. The molecule has 5 aromatic rings. The average Bonchev–Trinajstić information content (AvgIpc) is 3.56. The lowest BCUT2D eigenvalue weighted by atomic mass is 9.97. The van der Waals surface area contributed by atoms with Gasteiger partial charge in [0.05, 0.1) is 50.7 Å². The van der Waals surface area contributed by atoms with Crippen LogP contribution in [0.4, 0.5) is 21.5 Å². The van der Waals surface area contributed by atoms with Crippen LogP contribution in [0.5, 0.6) is 0 Å². The number of nitriles is 1. The molecular formula is C36H35Cl2FN8O2. The van der Waals surface area contributed by atoms with Crippen LogP contribution in [-0.2, 0) is 0 Å². The number of rotatable bonds is 8. The van der Waals surface area contributed by atoms with E-state index >= 15 is 0 Å². The van der Waals surface area contributed by atoms with E-state index in [0.29, 0.717) is 44.2 Å². The fraction of sp³-hybridized carbons (Fsp3) is 0.306. The van der Waals surface area contributed by atoms with E-state index in [-0.39, 0.29) is 27.7 Å². The second-order valence-corrected chi connectivity index (χ2v) is 14.0. The van der Waals surface area contributed by atoms with E-state index in [1.54, 1.807) is 24.3 Å². The maximum atomic E-state index is 13.9. The van der Waals surface area contributed by atoms with Gasteiger partial charge in [0.1, 0.15) is 17.6 Å². The summed E-state index contributed by atoms with van der Waals surface area (Å²) in [6, 6.07) is 16.3. The minimum absolute atomic E-state index is 0.0699. The van der Waals surface area contributed by atoms with Crippen LogP contribution >= 0.6 is 23.2 Å². The predicted octanol–water partition coefficient (Wildman–Crippen LogP) is 8.25. The summed E-state index contributed by atoms with van der Waals surface area (Å²) in [4.78, 5) is 20.9. The first-order valence-electron chi connectivity index (χ1n) is 15.8. The fourth-order valence-electron chi connectivity index (χ4n) is 6.37. The highest BCUT2D eigenvalue weighted by molar-refractivity contribution is 6.36. The molecule has 0 spiro atoms. The summed E-state index contributed by atoms with van der Waals surface area (Å²) in [6.07, 6.45) is 5.22. The molecule has 0 amide bonds. The molecule has 1 unspecified atom stereocenters. The Morgan fingerprint density at radius 1 is 1.12 bits per heavy atom. The van der Waals surface area contributed by atoms with Crippen molar-refractivity contribution < 1.29 is 14.3 Å². The summed E-state index contributed by atoms with van der Waals surface area (Å²) in [7, 11) is 1.87. The van der Waals surface area contributed by atoms with Crippen LogP contribution in [0.2, 0.25) is 10.0 Å². The molecule has 1 fully saturated rings. The number of nitrogens with one attached hydrogen (secondary N) is 1. The van der Waals surface area contributed by atoms with E-state index in [4.69, 9.17) is 23.2 Å². The van der Waals surface area contributed by atoms with Crippen molar-refractivity contribution in [3.05, 3.63) is 105 Å². The zero-order valence-corrected chi connectivity index (χ0v) is 29.0. The lowest BCUT2D eigenvalue weighted by molar-refractivity contribution is 0.0696. The van der Waals surface area contributed by atoms with Crippen LogP contribution in [-0.4, -0.2) is 61.6 Å². The normalized spacial score (nSPS) is 14.8. The van der Waals surface area contributed by atoms with Crippen molar-refractivity contribution in [2.24, 2.45) is 0 Å². The zero-order valence-electron chi connectivity index (χ0n) is 27.5. The van der Waals surface area contributed by atoms with Gasteiger partial charge in [-0.15, -0.1) is 5.10 Å². The van der Waals surface area contributed by atoms with Crippen molar-refractivity contribution in [2.75, 3.05) is 30.4 Å². The molecule has 10 nitrogen and oxygen atoms in total. The van der Waals surface area contributed by atoms with Crippen molar-refractivity contribution >= 4 is 57.1 Å². The summed E-state index contributed by atoms with van der Waals surface area (Å²) in [5.41, 5.74) is 3.78. The molecule has 3 heterocycles. The molecule has 0 bridgehead atoms. The van der Waals surface area contributed by atoms with E-state index in [1.165, 1.54) is 24.4 Å². The van der Waals surface area contributed by atoms with Crippen molar-refractivity contribution in [3.63, 3.8) is 0 Å². The summed E-state index contributed by atoms with van der Waals surface area (Å²) in [5, 5.41) is 33.0. The van der Waals surface area contributed by atoms with Gasteiger partial charge < -0.3 is 15.3 Å². The maximum absolute atomic E-state index is 13.9. The van der Waals surface area contributed by atoms with Gasteiger partial charge in [0.15, 0.2) is 0 Å². The number of carboxylic acid groups (broad SMARTS) is 1. The van der Waals surface area contributed by atoms with Gasteiger partial charge in [-0.05, 0) is 81.6 Å². The highest BCUT2D eigenvalue weighted by Gasteiger charge is 2.30. The van der Waals surface area contributed by atoms with Gasteiger partial charge >= 0.3 is 5.97 Å². The van der Waals surface area contributed by atoms with Gasteiger partial charge in [-0.25, -0.2) is 13.9 Å². The van der Waals surface area contributed by atoms with E-state index in [0.717, 1.165) is 25.9 Å². The number of halogens is 3. The third-order valence-corrected chi connectivity index (χ3v) is 9.64. The molecule has 0 aliphatic carbocycles. The molecule has 13 heteroatoms. The van der Waals surface area contributed by atoms with Crippen molar-refractivity contribution in [1.29, 1.82) is 5.26 Å². The number of aromatic carboxylic acids is 1. The van der Waals surface area contributed by atoms with E-state index < -0.39 is 17.8 Å². The number of carbonyl (C=O) groups is 1. The number of piperidine rings is 1. The van der Waals surface area contributed by atoms with Crippen LogP contribution in [0.1, 0.15) is 72.9 Å². The molecule has 2 aromatic heterocycles. The number of fused-ring (bicyclic) bond motifs is 1. The molecular weight excluding hydrogens is 666 g/mol. The lowest BCUT2D eigenvalue weighted by Gasteiger charge is -2.40. The number of hydrogen-bond donors (Lipinski definition) is 2. The van der Waals surface area contributed by atoms with Crippen LogP contribution in [0.3, 0.4) is 0 Å². The minimum atomic E-state index is -1.04. The standard InChI is InChI=1S/C36H35Cl2FN8O2/c1-36(2,3)46-12-10-25(11-13-46)47-20-31(43-44-47)34(21-6-5-7-22(14-21)35(48)49)45(4)26-16-27-32(42-24-8-9-30(39)28(37)15-24)23(18-40)19-41-33(27)29(38)17-26/h5-9,14-17,19-20,25,34H,10-13H2,1-4H3,(H,41,42)(H,48,49). The number of benzene rings is 3. The third kappa shape index (κ3) is 7.04. The van der Waals surface area contributed by atoms with Crippen LogP contribution in [0.25, 0.3) is 10.9 Å². The van der Waals surface area contributed by atoms with Gasteiger partial charge in [0, 0.05) is 48.6 Å². The van der Waals surface area contributed by atoms with Crippen LogP contribution < -0.4 is 10.2 Å². The largest absolute Gasteiger partial charge is 0.478 e. The van der Waals surface area contributed by atoms with Gasteiger partial charge in [-0.2, -0.15) is 5.26 Å². The Labute approximate surface area is 293 Å². The smallest absolute Gasteiger partial charge is 0.335 e. The van der Waals surface area contributed by atoms with Gasteiger partial charge in [0.2, 0.25) is 0 Å². The summed E-state index contributed by atoms with van der Waals surface area (Å²) >= 11 is 12.9. The average molecular weight is 702 g/mol. The molecule has 2 N–H and O–H groups in total. The first-order chi connectivity index (χ1) is 23.3. The van der Waals surface area contributed by atoms with E-state index in [2.05, 4.69) is 52.4 Å². The highest BCUT2D eigenvalue weighted by atomic mass is 35.5. The molecule has 49 heavy (non-hydrogen) atoms. The number of likely N-dealkylation sites (tertiary alicyclic amines) is 1. The van der Waals surface area contributed by atoms with E-state index in [1.807, 2.05) is 35.0 Å². The third-order valence-electron chi connectivity index (χ3n) is 9.06. The SMILES string of the molecule is CN(c1cc(Cl)c2ncc(C#N)c(Nc3ccc(F)c(Cl)c3)c2c1)C(c1cccc(C(=O)O)c1)c1cn(C2CCN(C(C)(C)C)CC2)nn1. The molecule has 6 rings (SSSR count). The summed E-state index contributed by atoms with van der Waals surface area (Å²) in [6.45, 7) is 8.56. The van der Waals surface area contributed by atoms with E-state index in [9.17, 15) is 19.6 Å². The fourth-order valence-corrected chi connectivity index (χ4v) is 6.81. The Bertz CT molecular complexity index is 2080. The van der Waals surface area contributed by atoms with Gasteiger partial charge in [0.25, 0.3) is 0 Å². The Balaban J connectivity index is 1.43. The zero-order chi connectivity index (χ0) is 35.0. The number of carboxylic acids is 1. The topological polar surface area (TPSA) is 123 Å². The number of anilines is 3. The second kappa shape index (κ2) is 13.6. The summed E-state index contributed by atoms with van der Waals surface area (Å²) < 4.78 is 15.9. The Morgan fingerprint density at radius 3 is 2.55 bits per heavy atom. The molecule has 0 radical (unpaired) electrons. The van der Waals surface area contributed by atoms with Crippen molar-refractivity contribution in [3.8, 4) is 6.07 Å². The molecule has 1 saturated heterocycles. The second-order valence-electron chi connectivity index (χ2n) is 13.2. The quantitative estimate of drug-likeness (QED) is 0.165. The first-order valence-corrected chi connectivity index (χ1v) is 16.6. The first kappa shape index (κ1) is 34.1. The Morgan fingerprint density at radius 2 is 1.88 bits per heavy atom. The van der Waals surface area contributed by atoms with Crippen molar-refractivity contribution in [2.45, 2.75) is 51.2 Å². The minimum Gasteiger partial charge on any atom is -0.478 e. The Kier molecular flexibility index (Phi) is 9.49. The van der Waals surface area contributed by atoms with Crippen molar-refractivity contribution in [1.82, 2.24) is 24.9 Å². The molecule has 1 atom stereocenters. The van der Waals surface area contributed by atoms with Crippen LogP contribution in [0, 0.1) is 17.1 Å². The predicted molar refractivity (Wildman–Crippen MR) is 189 cm³/mol. The molecule has 3 aromatic carbocycles. The molecule has 0 saturated carbocycles. The molecule has 1 aliphatic rings. The number of nitrogens with zero attached hydrogens (tertiary/aromatic N) is 7. The summed E-state index contributed by atoms with van der Waals surface area (Å²) in [5.74, 6) is -1.61. The lowest BCUT2D eigenvalue weighted by Crippen LogP contribution is -2.46. The highest BCUT2D eigenvalue weighted by Crippen LogP contribution is 2.39. The number of pyridine rings is 1.